The van der Waals surface area contributed by atoms with Gasteiger partial charge in [-0.3, -0.25) is 4.79 Å². The van der Waals surface area contributed by atoms with Crippen molar-refractivity contribution in [1.29, 1.82) is 0 Å². The van der Waals surface area contributed by atoms with Crippen molar-refractivity contribution in [2.45, 2.75) is 43.5 Å². The number of hydrogen-bond acceptors (Lipinski definition) is 6. The van der Waals surface area contributed by atoms with E-state index in [1.165, 1.54) is 17.1 Å². The zero-order valence-corrected chi connectivity index (χ0v) is 21.3. The van der Waals surface area contributed by atoms with E-state index in [0.717, 1.165) is 42.7 Å². The van der Waals surface area contributed by atoms with E-state index in [-0.39, 0.29) is 17.2 Å². The average molecular weight is 512 g/mol. The smallest absolute Gasteiger partial charge is 0.243 e. The van der Waals surface area contributed by atoms with Gasteiger partial charge in [-0.2, -0.15) is 4.31 Å². The second kappa shape index (κ2) is 11.0. The van der Waals surface area contributed by atoms with Crippen molar-refractivity contribution in [2.24, 2.45) is 0 Å². The Morgan fingerprint density at radius 1 is 0.972 bits per heavy atom. The molecule has 36 heavy (non-hydrogen) atoms. The Hall–Kier alpha value is -2.95. The standard InChI is InChI=1S/C26H33N5O4S/c32-26(11-14-30-20-27-22-7-3-4-8-24(22)30)28-23-19-21(36(33,34)31-15-17-35-18-16-31)9-10-25(23)29-12-5-1-2-6-13-29/h3-4,7-10,19-20H,1-2,5-6,11-18H2,(H,28,32). The molecule has 0 atom stereocenters. The zero-order chi connectivity index (χ0) is 25.0. The molecule has 2 aromatic carbocycles. The van der Waals surface area contributed by atoms with Crippen LogP contribution in [0.5, 0.6) is 0 Å². The summed E-state index contributed by atoms with van der Waals surface area (Å²) in [4.78, 5) is 19.9. The highest BCUT2D eigenvalue weighted by molar-refractivity contribution is 7.89. The number of aromatic nitrogens is 2. The van der Waals surface area contributed by atoms with Crippen molar-refractivity contribution in [2.75, 3.05) is 49.6 Å². The Morgan fingerprint density at radius 2 is 1.72 bits per heavy atom. The largest absolute Gasteiger partial charge is 0.379 e. The van der Waals surface area contributed by atoms with Gasteiger partial charge in [0.15, 0.2) is 0 Å². The highest BCUT2D eigenvalue weighted by atomic mass is 32.2. The van der Waals surface area contributed by atoms with Gasteiger partial charge in [-0.1, -0.05) is 25.0 Å². The van der Waals surface area contributed by atoms with Gasteiger partial charge < -0.3 is 19.5 Å². The topological polar surface area (TPSA) is 96.8 Å². The molecule has 3 aromatic rings. The lowest BCUT2D eigenvalue weighted by molar-refractivity contribution is -0.116. The summed E-state index contributed by atoms with van der Waals surface area (Å²) in [5, 5.41) is 3.03. The number of nitrogens with zero attached hydrogens (tertiary/aromatic N) is 4. The molecule has 1 N–H and O–H groups in total. The van der Waals surface area contributed by atoms with E-state index in [9.17, 15) is 13.2 Å². The van der Waals surface area contributed by atoms with Gasteiger partial charge in [-0.25, -0.2) is 13.4 Å². The van der Waals surface area contributed by atoms with Crippen molar-refractivity contribution < 1.29 is 17.9 Å². The first-order chi connectivity index (χ1) is 17.5. The predicted molar refractivity (Wildman–Crippen MR) is 140 cm³/mol. The molecule has 3 heterocycles. The van der Waals surface area contributed by atoms with Gasteiger partial charge in [0.2, 0.25) is 15.9 Å². The summed E-state index contributed by atoms with van der Waals surface area (Å²) < 4.78 is 35.4. The minimum absolute atomic E-state index is 0.162. The van der Waals surface area contributed by atoms with Crippen molar-refractivity contribution >= 4 is 38.3 Å². The molecule has 2 aliphatic rings. The van der Waals surface area contributed by atoms with E-state index in [0.29, 0.717) is 38.5 Å². The van der Waals surface area contributed by atoms with Gasteiger partial charge in [0, 0.05) is 39.1 Å². The summed E-state index contributed by atoms with van der Waals surface area (Å²) in [6.45, 7) is 3.69. The Bertz CT molecular complexity index is 1310. The highest BCUT2D eigenvalue weighted by Crippen LogP contribution is 2.32. The van der Waals surface area contributed by atoms with Crippen LogP contribution in [0, 0.1) is 0 Å². The molecule has 10 heteroatoms. The first-order valence-corrected chi connectivity index (χ1v) is 14.1. The second-order valence-electron chi connectivity index (χ2n) is 9.32. The van der Waals surface area contributed by atoms with E-state index in [1.54, 1.807) is 18.5 Å². The summed E-state index contributed by atoms with van der Waals surface area (Å²) >= 11 is 0. The molecular formula is C26H33N5O4S. The van der Waals surface area contributed by atoms with Crippen LogP contribution >= 0.6 is 0 Å². The fraction of sp³-hybridized carbons (Fsp3) is 0.462. The number of ether oxygens (including phenoxy) is 1. The number of morpholine rings is 1. The molecule has 9 nitrogen and oxygen atoms in total. The van der Waals surface area contributed by atoms with Crippen LogP contribution in [0.4, 0.5) is 11.4 Å². The molecule has 192 valence electrons. The summed E-state index contributed by atoms with van der Waals surface area (Å²) in [7, 11) is -3.68. The maximum atomic E-state index is 13.3. The molecule has 0 bridgehead atoms. The third kappa shape index (κ3) is 5.40. The van der Waals surface area contributed by atoms with E-state index in [2.05, 4.69) is 15.2 Å². The first-order valence-electron chi connectivity index (χ1n) is 12.7. The molecular weight excluding hydrogens is 478 g/mol. The number of hydrogen-bond donors (Lipinski definition) is 1. The van der Waals surface area contributed by atoms with Crippen LogP contribution in [-0.4, -0.2) is 67.6 Å². The van der Waals surface area contributed by atoms with Gasteiger partial charge in [-0.15, -0.1) is 0 Å². The van der Waals surface area contributed by atoms with Crippen molar-refractivity contribution in [3.63, 3.8) is 0 Å². The zero-order valence-electron chi connectivity index (χ0n) is 20.4. The molecule has 2 saturated heterocycles. The number of para-hydroxylation sites is 2. The molecule has 0 unspecified atom stereocenters. The Kier molecular flexibility index (Phi) is 7.54. The highest BCUT2D eigenvalue weighted by Gasteiger charge is 2.28. The normalized spacial score (nSPS) is 17.7. The van der Waals surface area contributed by atoms with E-state index in [1.807, 2.05) is 34.9 Å². The maximum absolute atomic E-state index is 13.3. The minimum Gasteiger partial charge on any atom is -0.379 e. The average Bonchev–Trinajstić information content (AvgIpc) is 3.12. The van der Waals surface area contributed by atoms with Gasteiger partial charge in [0.25, 0.3) is 0 Å². The van der Waals surface area contributed by atoms with Gasteiger partial charge in [0.1, 0.15) is 0 Å². The van der Waals surface area contributed by atoms with E-state index < -0.39 is 10.0 Å². The van der Waals surface area contributed by atoms with Crippen molar-refractivity contribution in [1.82, 2.24) is 13.9 Å². The quantitative estimate of drug-likeness (QED) is 0.522. The third-order valence-electron chi connectivity index (χ3n) is 6.90. The lowest BCUT2D eigenvalue weighted by Gasteiger charge is -2.28. The number of amides is 1. The molecule has 1 amide bonds. The first kappa shape index (κ1) is 24.7. The van der Waals surface area contributed by atoms with Crippen molar-refractivity contribution in [3.8, 4) is 0 Å². The Morgan fingerprint density at radius 3 is 2.50 bits per heavy atom. The summed E-state index contributed by atoms with van der Waals surface area (Å²) in [6, 6.07) is 13.0. The number of carbonyl (C=O) groups is 1. The maximum Gasteiger partial charge on any atom is 0.243 e. The number of sulfonamides is 1. The summed E-state index contributed by atoms with van der Waals surface area (Å²) in [6.07, 6.45) is 6.52. The van der Waals surface area contributed by atoms with Crippen LogP contribution in [0.2, 0.25) is 0 Å². The summed E-state index contributed by atoms with van der Waals surface area (Å²) in [5.74, 6) is -0.162. The number of benzene rings is 2. The molecule has 0 aliphatic carbocycles. The SMILES string of the molecule is O=C(CCn1cnc2ccccc21)Nc1cc(S(=O)(=O)N2CCOCC2)ccc1N1CCCCCC1. The van der Waals surface area contributed by atoms with Gasteiger partial charge in [0.05, 0.1) is 46.8 Å². The van der Waals surface area contributed by atoms with Crippen LogP contribution in [0.1, 0.15) is 32.1 Å². The van der Waals surface area contributed by atoms with Gasteiger partial charge in [-0.05, 0) is 43.2 Å². The molecule has 0 radical (unpaired) electrons. The predicted octanol–water partition coefficient (Wildman–Crippen LogP) is 3.47. The lowest BCUT2D eigenvalue weighted by atomic mass is 10.2. The van der Waals surface area contributed by atoms with Crippen molar-refractivity contribution in [3.05, 3.63) is 48.8 Å². The number of imidazole rings is 1. The number of fused-ring (bicyclic) bond motifs is 1. The van der Waals surface area contributed by atoms with E-state index >= 15 is 0 Å². The number of aryl methyl sites for hydroxylation is 1. The molecule has 2 aliphatic heterocycles. The summed E-state index contributed by atoms with van der Waals surface area (Å²) in [5.41, 5.74) is 3.29. The fourth-order valence-corrected chi connectivity index (χ4v) is 6.36. The molecule has 5 rings (SSSR count). The number of anilines is 2. The van der Waals surface area contributed by atoms with Crippen LogP contribution in [-0.2, 0) is 26.1 Å². The molecule has 2 fully saturated rings. The van der Waals surface area contributed by atoms with E-state index in [4.69, 9.17) is 4.74 Å². The molecule has 0 spiro atoms. The second-order valence-corrected chi connectivity index (χ2v) is 11.3. The lowest BCUT2D eigenvalue weighted by Crippen LogP contribution is -2.40. The number of nitrogens with one attached hydrogen (secondary N) is 1. The number of rotatable bonds is 7. The third-order valence-corrected chi connectivity index (χ3v) is 8.80. The molecule has 0 saturated carbocycles. The Labute approximate surface area is 212 Å². The molecule has 1 aromatic heterocycles. The van der Waals surface area contributed by atoms with Crippen LogP contribution in [0.15, 0.2) is 53.7 Å². The monoisotopic (exact) mass is 511 g/mol. The Balaban J connectivity index is 1.38. The van der Waals surface area contributed by atoms with Crippen LogP contribution in [0.3, 0.4) is 0 Å². The fourth-order valence-electron chi connectivity index (χ4n) is 4.92. The number of carbonyl (C=O) groups excluding carboxylic acids is 1. The van der Waals surface area contributed by atoms with Crippen LogP contribution < -0.4 is 10.2 Å². The van der Waals surface area contributed by atoms with Gasteiger partial charge >= 0.3 is 0 Å². The minimum atomic E-state index is -3.68. The van der Waals surface area contributed by atoms with Crippen LogP contribution in [0.25, 0.3) is 11.0 Å².